The van der Waals surface area contributed by atoms with E-state index in [1.807, 2.05) is 31.2 Å². The van der Waals surface area contributed by atoms with E-state index in [-0.39, 0.29) is 12.1 Å². The molecule has 0 saturated carbocycles. The zero-order valence-corrected chi connectivity index (χ0v) is 11.5. The number of rotatable bonds is 5. The van der Waals surface area contributed by atoms with Crippen LogP contribution in [0.15, 0.2) is 36.7 Å². The van der Waals surface area contributed by atoms with Crippen LogP contribution in [0.2, 0.25) is 0 Å². The number of amides is 1. The zero-order valence-electron chi connectivity index (χ0n) is 11.5. The van der Waals surface area contributed by atoms with E-state index in [2.05, 4.69) is 5.10 Å². The number of hydrogen-bond donors (Lipinski definition) is 2. The molecule has 0 fully saturated rings. The van der Waals surface area contributed by atoms with E-state index >= 15 is 0 Å². The highest BCUT2D eigenvalue weighted by Crippen LogP contribution is 2.29. The molecule has 0 aliphatic rings. The Labute approximate surface area is 117 Å². The summed E-state index contributed by atoms with van der Waals surface area (Å²) in [5, 5.41) is 4.19. The van der Waals surface area contributed by atoms with Crippen LogP contribution < -0.4 is 16.2 Å². The van der Waals surface area contributed by atoms with E-state index in [1.165, 1.54) is 6.20 Å². The number of benzene rings is 1. The number of para-hydroxylation sites is 1. The molecule has 1 heterocycles. The lowest BCUT2D eigenvalue weighted by Crippen LogP contribution is -2.31. The minimum Gasteiger partial charge on any atom is -0.496 e. The molecular weight excluding hydrogens is 256 g/mol. The van der Waals surface area contributed by atoms with Gasteiger partial charge in [0.2, 0.25) is 0 Å². The third-order valence-electron chi connectivity index (χ3n) is 3.13. The SMILES string of the molecule is COc1ccccc1C(C(C)N)n1cc(C(N)=O)cn1. The normalized spacial score (nSPS) is 13.8. The highest BCUT2D eigenvalue weighted by molar-refractivity contribution is 5.92. The lowest BCUT2D eigenvalue weighted by molar-refractivity contribution is 0.1000. The summed E-state index contributed by atoms with van der Waals surface area (Å²) in [5.74, 6) is 0.214. The molecule has 2 aromatic rings. The van der Waals surface area contributed by atoms with Crippen molar-refractivity contribution in [1.82, 2.24) is 9.78 Å². The van der Waals surface area contributed by atoms with Crippen LogP contribution in [0.5, 0.6) is 5.75 Å². The minimum atomic E-state index is -0.514. The molecule has 6 nitrogen and oxygen atoms in total. The fourth-order valence-electron chi connectivity index (χ4n) is 2.19. The number of carbonyl (C=O) groups is 1. The first kappa shape index (κ1) is 14.1. The highest BCUT2D eigenvalue weighted by Gasteiger charge is 2.23. The summed E-state index contributed by atoms with van der Waals surface area (Å²) in [6, 6.07) is 7.14. The lowest BCUT2D eigenvalue weighted by atomic mass is 10.00. The Balaban J connectivity index is 2.47. The maximum atomic E-state index is 11.2. The van der Waals surface area contributed by atoms with Crippen molar-refractivity contribution < 1.29 is 9.53 Å². The third kappa shape index (κ3) is 2.65. The predicted molar refractivity (Wildman–Crippen MR) is 75.5 cm³/mol. The monoisotopic (exact) mass is 274 g/mol. The van der Waals surface area contributed by atoms with Gasteiger partial charge in [0.25, 0.3) is 5.91 Å². The van der Waals surface area contributed by atoms with Crippen molar-refractivity contribution in [2.75, 3.05) is 7.11 Å². The van der Waals surface area contributed by atoms with Gasteiger partial charge < -0.3 is 16.2 Å². The number of ether oxygens (including phenoxy) is 1. The lowest BCUT2D eigenvalue weighted by Gasteiger charge is -2.23. The molecule has 0 spiro atoms. The molecule has 20 heavy (non-hydrogen) atoms. The van der Waals surface area contributed by atoms with Crippen molar-refractivity contribution in [1.29, 1.82) is 0 Å². The van der Waals surface area contributed by atoms with Crippen LogP contribution >= 0.6 is 0 Å². The molecule has 2 atom stereocenters. The van der Waals surface area contributed by atoms with Crippen LogP contribution in [0.4, 0.5) is 0 Å². The molecule has 1 aromatic heterocycles. The maximum Gasteiger partial charge on any atom is 0.251 e. The van der Waals surface area contributed by atoms with E-state index in [4.69, 9.17) is 16.2 Å². The molecule has 0 radical (unpaired) electrons. The molecular formula is C14H18N4O2. The van der Waals surface area contributed by atoms with Crippen LogP contribution in [0.3, 0.4) is 0 Å². The number of carbonyl (C=O) groups excluding carboxylic acids is 1. The molecule has 2 unspecified atom stereocenters. The van der Waals surface area contributed by atoms with Crippen LogP contribution in [-0.4, -0.2) is 28.8 Å². The van der Waals surface area contributed by atoms with E-state index < -0.39 is 5.91 Å². The first-order valence-electron chi connectivity index (χ1n) is 6.27. The van der Waals surface area contributed by atoms with Gasteiger partial charge in [-0.2, -0.15) is 5.10 Å². The molecule has 0 aliphatic carbocycles. The fourth-order valence-corrected chi connectivity index (χ4v) is 2.19. The van der Waals surface area contributed by atoms with Crippen molar-refractivity contribution in [3.05, 3.63) is 47.8 Å². The number of primary amides is 1. The van der Waals surface area contributed by atoms with E-state index in [0.29, 0.717) is 5.56 Å². The molecule has 1 amide bonds. The molecule has 2 rings (SSSR count). The van der Waals surface area contributed by atoms with Gasteiger partial charge in [0, 0.05) is 17.8 Å². The van der Waals surface area contributed by atoms with Gasteiger partial charge >= 0.3 is 0 Å². The van der Waals surface area contributed by atoms with Gasteiger partial charge in [0.1, 0.15) is 5.75 Å². The van der Waals surface area contributed by atoms with Gasteiger partial charge in [-0.05, 0) is 13.0 Å². The summed E-state index contributed by atoms with van der Waals surface area (Å²) < 4.78 is 7.01. The second-order valence-electron chi connectivity index (χ2n) is 4.62. The number of hydrogen-bond acceptors (Lipinski definition) is 4. The van der Waals surface area contributed by atoms with Crippen molar-refractivity contribution >= 4 is 5.91 Å². The van der Waals surface area contributed by atoms with Crippen molar-refractivity contribution in [2.24, 2.45) is 11.5 Å². The average molecular weight is 274 g/mol. The summed E-state index contributed by atoms with van der Waals surface area (Å²) in [6.45, 7) is 1.88. The van der Waals surface area contributed by atoms with Crippen LogP contribution in [0.25, 0.3) is 0 Å². The van der Waals surface area contributed by atoms with E-state index in [0.717, 1.165) is 11.3 Å². The Bertz CT molecular complexity index is 607. The average Bonchev–Trinajstić information content (AvgIpc) is 2.89. The summed E-state index contributed by atoms with van der Waals surface area (Å²) in [7, 11) is 1.61. The summed E-state index contributed by atoms with van der Waals surface area (Å²) in [5.41, 5.74) is 12.6. The molecule has 0 saturated heterocycles. The van der Waals surface area contributed by atoms with Gasteiger partial charge in [0.05, 0.1) is 24.9 Å². The topological polar surface area (TPSA) is 96.2 Å². The van der Waals surface area contributed by atoms with Gasteiger partial charge in [-0.1, -0.05) is 18.2 Å². The van der Waals surface area contributed by atoms with Crippen molar-refractivity contribution in [3.8, 4) is 5.75 Å². The molecule has 0 aliphatic heterocycles. The summed E-state index contributed by atoms with van der Waals surface area (Å²) >= 11 is 0. The van der Waals surface area contributed by atoms with Gasteiger partial charge in [0.15, 0.2) is 0 Å². The molecule has 106 valence electrons. The van der Waals surface area contributed by atoms with Crippen LogP contribution in [-0.2, 0) is 0 Å². The largest absolute Gasteiger partial charge is 0.496 e. The fraction of sp³-hybridized carbons (Fsp3) is 0.286. The Morgan fingerprint density at radius 3 is 2.65 bits per heavy atom. The van der Waals surface area contributed by atoms with Gasteiger partial charge in [-0.15, -0.1) is 0 Å². The molecule has 1 aromatic carbocycles. The highest BCUT2D eigenvalue weighted by atomic mass is 16.5. The quantitative estimate of drug-likeness (QED) is 0.847. The van der Waals surface area contributed by atoms with E-state index in [9.17, 15) is 4.79 Å². The second kappa shape index (κ2) is 5.75. The Kier molecular flexibility index (Phi) is 4.05. The predicted octanol–water partition coefficient (Wildman–Crippen LogP) is 0.927. The summed E-state index contributed by atoms with van der Waals surface area (Å²) in [6.07, 6.45) is 3.04. The van der Waals surface area contributed by atoms with Crippen molar-refractivity contribution in [3.63, 3.8) is 0 Å². The standard InChI is InChI=1S/C14H18N4O2/c1-9(15)13(11-5-3-4-6-12(11)20-2)18-8-10(7-17-18)14(16)19/h3-9,13H,15H2,1-2H3,(H2,16,19). The Morgan fingerprint density at radius 1 is 1.40 bits per heavy atom. The number of methoxy groups -OCH3 is 1. The van der Waals surface area contributed by atoms with Crippen molar-refractivity contribution in [2.45, 2.75) is 19.0 Å². The van der Waals surface area contributed by atoms with Crippen LogP contribution in [0.1, 0.15) is 28.9 Å². The Hall–Kier alpha value is -2.34. The number of nitrogens with two attached hydrogens (primary N) is 2. The maximum absolute atomic E-state index is 11.2. The van der Waals surface area contributed by atoms with Gasteiger partial charge in [-0.3, -0.25) is 9.48 Å². The minimum absolute atomic E-state index is 0.216. The molecule has 0 bridgehead atoms. The molecule has 6 heteroatoms. The van der Waals surface area contributed by atoms with Gasteiger partial charge in [-0.25, -0.2) is 0 Å². The summed E-state index contributed by atoms with van der Waals surface area (Å²) in [4.78, 5) is 11.2. The number of aromatic nitrogens is 2. The number of nitrogens with zero attached hydrogens (tertiary/aromatic N) is 2. The third-order valence-corrected chi connectivity index (χ3v) is 3.13. The zero-order chi connectivity index (χ0) is 14.7. The van der Waals surface area contributed by atoms with E-state index in [1.54, 1.807) is 18.0 Å². The molecule has 4 N–H and O–H groups in total. The van der Waals surface area contributed by atoms with Crippen LogP contribution in [0, 0.1) is 0 Å². The first-order valence-corrected chi connectivity index (χ1v) is 6.27. The Morgan fingerprint density at radius 2 is 2.10 bits per heavy atom. The second-order valence-corrected chi connectivity index (χ2v) is 4.62. The smallest absolute Gasteiger partial charge is 0.251 e. The first-order chi connectivity index (χ1) is 9.54.